The number of hydrogen-bond donors (Lipinski definition) is 4. The summed E-state index contributed by atoms with van der Waals surface area (Å²) in [7, 11) is 6.39. The van der Waals surface area contributed by atoms with Crippen LogP contribution in [0.4, 0.5) is 5.82 Å². The molecule has 12 rings (SSSR count). The Morgan fingerprint density at radius 1 is 0.495 bits per heavy atom. The quantitative estimate of drug-likeness (QED) is 0.0413. The lowest BCUT2D eigenvalue weighted by molar-refractivity contribution is -0.331. The summed E-state index contributed by atoms with van der Waals surface area (Å²) in [6, 6.07) is 67.5. The van der Waals surface area contributed by atoms with Crippen molar-refractivity contribution in [2.24, 2.45) is 0 Å². The number of carbonyl (C=O) groups is 1. The second-order valence-corrected chi connectivity index (χ2v) is 21.9. The largest absolute Gasteiger partial charge is 0.497 e. The van der Waals surface area contributed by atoms with E-state index in [1.807, 2.05) is 194 Å². The molecule has 9 atom stereocenters. The standard InChI is InChI=1S/C72H69N5O14/c1-82-54-33-25-50(26-34-54)71(48-21-13-7-14-22-48,51-27-35-55(83-2)36-28-51)87-42-58-61(78)62(79)65(86-41-46-17-9-5-10-18-46)70(90-58)91-64-59(89-69(63(64)80)77-45-75-60-66(73-44-74-67(60)77)76-68(81)47-19-11-6-12-20-47)43-88-72(49-23-15-8-16-24-49,52-29-37-56(84-3)38-30-52)53-31-39-57(85-4)40-32-53/h5-40,44-45,58-59,61-65,69-70,78-80H,41-43H2,1-4H3,(H,73,74,76,81)/t58-,59-,61-,62+,63-,64-,65-,69-,70-/m1/s1. The van der Waals surface area contributed by atoms with Crippen LogP contribution in [0.2, 0.25) is 0 Å². The number of aromatic nitrogens is 4. The van der Waals surface area contributed by atoms with E-state index in [2.05, 4.69) is 20.3 Å². The molecule has 0 spiro atoms. The average Bonchev–Trinajstić information content (AvgIpc) is 1.41. The lowest BCUT2D eigenvalue weighted by Crippen LogP contribution is -2.62. The summed E-state index contributed by atoms with van der Waals surface area (Å²) >= 11 is 0. The number of anilines is 1. The predicted molar refractivity (Wildman–Crippen MR) is 337 cm³/mol. The molecule has 91 heavy (non-hydrogen) atoms. The molecule has 2 saturated heterocycles. The van der Waals surface area contributed by atoms with Crippen molar-refractivity contribution in [2.75, 3.05) is 47.0 Å². The van der Waals surface area contributed by atoms with E-state index in [-0.39, 0.29) is 36.8 Å². The van der Waals surface area contributed by atoms with Gasteiger partial charge in [0.15, 0.2) is 29.5 Å². The molecule has 19 heteroatoms. The van der Waals surface area contributed by atoms with Crippen LogP contribution in [-0.4, -0.2) is 131 Å². The molecule has 0 saturated carbocycles. The Morgan fingerprint density at radius 3 is 1.41 bits per heavy atom. The Labute approximate surface area is 526 Å². The molecule has 1 amide bonds. The first-order chi connectivity index (χ1) is 44.5. The fraction of sp³-hybridized carbons (Fsp3) is 0.250. The molecule has 0 aliphatic carbocycles. The number of ether oxygens (including phenoxy) is 10. The van der Waals surface area contributed by atoms with E-state index in [9.17, 15) is 20.1 Å². The summed E-state index contributed by atoms with van der Waals surface area (Å²) in [6.45, 7) is -0.630. The Morgan fingerprint density at radius 2 is 0.934 bits per heavy atom. The van der Waals surface area contributed by atoms with E-state index in [1.165, 1.54) is 17.2 Å². The number of nitrogens with one attached hydrogen (secondary N) is 1. The van der Waals surface area contributed by atoms with E-state index >= 15 is 0 Å². The van der Waals surface area contributed by atoms with Crippen molar-refractivity contribution in [3.8, 4) is 23.0 Å². The smallest absolute Gasteiger partial charge is 0.256 e. The third-order valence-electron chi connectivity index (χ3n) is 16.7. The first-order valence-electron chi connectivity index (χ1n) is 29.7. The maximum Gasteiger partial charge on any atom is 0.256 e. The van der Waals surface area contributed by atoms with Gasteiger partial charge < -0.3 is 68.0 Å². The topological polar surface area (TPSA) is 226 Å². The van der Waals surface area contributed by atoms with Crippen molar-refractivity contribution in [1.29, 1.82) is 0 Å². The highest BCUT2D eigenvalue weighted by Gasteiger charge is 2.54. The van der Waals surface area contributed by atoms with Gasteiger partial charge in [0.05, 0.1) is 54.6 Å². The summed E-state index contributed by atoms with van der Waals surface area (Å²) in [4.78, 5) is 27.2. The number of carbonyl (C=O) groups excluding carboxylic acids is 1. The fourth-order valence-electron chi connectivity index (χ4n) is 12.0. The number of amides is 1. The Bertz CT molecular complexity index is 3870. The maximum atomic E-state index is 13.5. The Kier molecular flexibility index (Phi) is 18.9. The van der Waals surface area contributed by atoms with Gasteiger partial charge in [-0.3, -0.25) is 9.36 Å². The van der Waals surface area contributed by atoms with Crippen molar-refractivity contribution >= 4 is 22.9 Å². The highest BCUT2D eigenvalue weighted by molar-refractivity contribution is 6.06. The van der Waals surface area contributed by atoms with Gasteiger partial charge in [-0.25, -0.2) is 15.0 Å². The van der Waals surface area contributed by atoms with Gasteiger partial charge in [-0.2, -0.15) is 0 Å². The Hall–Kier alpha value is -9.38. The normalized spacial score (nSPS) is 20.8. The van der Waals surface area contributed by atoms with E-state index in [0.29, 0.717) is 39.7 Å². The van der Waals surface area contributed by atoms with Gasteiger partial charge in [-0.1, -0.05) is 158 Å². The highest BCUT2D eigenvalue weighted by Crippen LogP contribution is 2.46. The second-order valence-electron chi connectivity index (χ2n) is 21.9. The lowest BCUT2D eigenvalue weighted by atomic mass is 9.80. The molecule has 4 heterocycles. The van der Waals surface area contributed by atoms with E-state index in [0.717, 1.165) is 27.8 Å². The third kappa shape index (κ3) is 12.6. The zero-order valence-electron chi connectivity index (χ0n) is 50.4. The number of methoxy groups -OCH3 is 4. The van der Waals surface area contributed by atoms with Crippen molar-refractivity contribution in [2.45, 2.75) is 73.1 Å². The van der Waals surface area contributed by atoms with E-state index in [4.69, 9.17) is 47.4 Å². The van der Waals surface area contributed by atoms with Gasteiger partial charge in [0.25, 0.3) is 5.91 Å². The number of rotatable bonds is 24. The van der Waals surface area contributed by atoms with Gasteiger partial charge >= 0.3 is 0 Å². The number of aliphatic hydroxyl groups excluding tert-OH is 3. The van der Waals surface area contributed by atoms with Gasteiger partial charge in [-0.05, 0) is 99.6 Å². The SMILES string of the molecule is COc1ccc(C(OC[C@H]2O[C@H](O[C@H]3[C@@H](O)[C@H](n4cnc5c(NC(=O)c6ccccc6)ncnc54)O[C@@H]3COC(c3ccccc3)(c3ccc(OC)cc3)c3ccc(OC)cc3)[C@H](OCc3ccccc3)[C@@H](O)[C@@H]2O)(c2ccccc2)c2ccc(OC)cc2)cc1. The zero-order valence-corrected chi connectivity index (χ0v) is 50.4. The molecule has 10 aromatic rings. The van der Waals surface area contributed by atoms with Gasteiger partial charge in [0.2, 0.25) is 0 Å². The minimum atomic E-state index is -1.66. The molecule has 2 aromatic heterocycles. The van der Waals surface area contributed by atoms with Crippen LogP contribution in [0.5, 0.6) is 23.0 Å². The molecular formula is C72H69N5O14. The van der Waals surface area contributed by atoms with Crippen LogP contribution in [0.15, 0.2) is 231 Å². The summed E-state index contributed by atoms with van der Waals surface area (Å²) in [5.41, 5.74) is 3.21. The summed E-state index contributed by atoms with van der Waals surface area (Å²) in [6.07, 6.45) is -10.2. The molecular weight excluding hydrogens is 1160 g/mol. The first-order valence-corrected chi connectivity index (χ1v) is 29.7. The van der Waals surface area contributed by atoms with Gasteiger partial charge in [0.1, 0.15) is 83.3 Å². The van der Waals surface area contributed by atoms with E-state index in [1.54, 1.807) is 52.7 Å². The summed E-state index contributed by atoms with van der Waals surface area (Å²) in [5.74, 6) is 2.19. The number of nitrogens with zero attached hydrogens (tertiary/aromatic N) is 4. The third-order valence-corrected chi connectivity index (χ3v) is 16.7. The number of aliphatic hydroxyl groups is 3. The summed E-state index contributed by atoms with van der Waals surface area (Å²) in [5, 5.41) is 41.0. The van der Waals surface area contributed by atoms with Gasteiger partial charge in [0, 0.05) is 5.56 Å². The minimum absolute atomic E-state index is 0.0300. The van der Waals surface area contributed by atoms with Crippen LogP contribution in [0, 0.1) is 0 Å². The predicted octanol–water partition coefficient (Wildman–Crippen LogP) is 9.81. The Balaban J connectivity index is 0.950. The molecule has 19 nitrogen and oxygen atoms in total. The maximum absolute atomic E-state index is 13.5. The molecule has 4 N–H and O–H groups in total. The summed E-state index contributed by atoms with van der Waals surface area (Å²) < 4.78 is 66.5. The molecule has 0 bridgehead atoms. The van der Waals surface area contributed by atoms with Crippen LogP contribution < -0.4 is 24.3 Å². The number of fused-ring (bicyclic) bond motifs is 1. The molecule has 2 aliphatic rings. The number of benzene rings is 8. The fourth-order valence-corrected chi connectivity index (χ4v) is 12.0. The van der Waals surface area contributed by atoms with E-state index < -0.39 is 72.4 Å². The van der Waals surface area contributed by atoms with Crippen molar-refractivity contribution in [3.63, 3.8) is 0 Å². The van der Waals surface area contributed by atoms with Crippen LogP contribution in [0.25, 0.3) is 11.2 Å². The minimum Gasteiger partial charge on any atom is -0.497 e. The van der Waals surface area contributed by atoms with Crippen LogP contribution in [0.1, 0.15) is 55.5 Å². The second kappa shape index (κ2) is 27.8. The van der Waals surface area contributed by atoms with Crippen LogP contribution in [0.3, 0.4) is 0 Å². The highest BCUT2D eigenvalue weighted by atomic mass is 16.7. The lowest BCUT2D eigenvalue weighted by Gasteiger charge is -2.45. The molecule has 8 aromatic carbocycles. The van der Waals surface area contributed by atoms with Crippen molar-refractivity contribution in [1.82, 2.24) is 19.5 Å². The molecule has 2 aliphatic heterocycles. The van der Waals surface area contributed by atoms with Crippen molar-refractivity contribution in [3.05, 3.63) is 276 Å². The monoisotopic (exact) mass is 1230 g/mol. The zero-order chi connectivity index (χ0) is 62.9. The molecule has 0 radical (unpaired) electrons. The molecule has 466 valence electrons. The number of imidazole rings is 1. The van der Waals surface area contributed by atoms with Crippen LogP contribution in [-0.2, 0) is 46.2 Å². The first kappa shape index (κ1) is 61.8. The average molecular weight is 1230 g/mol. The molecule has 2 fully saturated rings. The van der Waals surface area contributed by atoms with Crippen LogP contribution >= 0.6 is 0 Å². The number of hydrogen-bond acceptors (Lipinski definition) is 17. The molecule has 0 unspecified atom stereocenters. The van der Waals surface area contributed by atoms with Gasteiger partial charge in [-0.15, -0.1) is 0 Å². The van der Waals surface area contributed by atoms with Crippen molar-refractivity contribution < 1.29 is 67.5 Å².